The van der Waals surface area contributed by atoms with Gasteiger partial charge in [-0.1, -0.05) is 12.7 Å². The minimum absolute atomic E-state index is 0.0793. The minimum atomic E-state index is -1.01. The summed E-state index contributed by atoms with van der Waals surface area (Å²) in [6.45, 7) is 6.52. The Kier molecular flexibility index (Phi) is 6.67. The van der Waals surface area contributed by atoms with E-state index in [0.29, 0.717) is 0 Å². The first-order valence-corrected chi connectivity index (χ1v) is 9.79. The van der Waals surface area contributed by atoms with Gasteiger partial charge in [0.05, 0.1) is 11.7 Å². The topological polar surface area (TPSA) is 149 Å². The standard InChI is InChI=1S/C22H19F3N8O/c1-4-11(23)8-12(5-2)33-20(30-17-15(25)7-6-14(24)16(17)21(33)34)10(3)29-19-13(9-26)18(27)31-22(28)32-19/h4-8,10H,2H2,1,3H3,(H5,27,28,29,31,32)/b11-4+,12-8+. The minimum Gasteiger partial charge on any atom is -0.382 e. The van der Waals surface area contributed by atoms with Crippen LogP contribution in [0.3, 0.4) is 0 Å². The van der Waals surface area contributed by atoms with Gasteiger partial charge in [-0.25, -0.2) is 18.2 Å². The second-order valence-corrected chi connectivity index (χ2v) is 6.98. The van der Waals surface area contributed by atoms with Crippen molar-refractivity contribution in [3.8, 4) is 6.07 Å². The first-order valence-electron chi connectivity index (χ1n) is 9.79. The lowest BCUT2D eigenvalue weighted by Gasteiger charge is -2.21. The fourth-order valence-corrected chi connectivity index (χ4v) is 3.19. The lowest BCUT2D eigenvalue weighted by atomic mass is 10.1. The van der Waals surface area contributed by atoms with Gasteiger partial charge >= 0.3 is 0 Å². The van der Waals surface area contributed by atoms with Crippen LogP contribution < -0.4 is 22.3 Å². The van der Waals surface area contributed by atoms with E-state index >= 15 is 0 Å². The number of nitrogens with zero attached hydrogens (tertiary/aromatic N) is 5. The highest BCUT2D eigenvalue weighted by Crippen LogP contribution is 2.26. The number of aromatic nitrogens is 4. The average molecular weight is 468 g/mol. The molecule has 0 aliphatic heterocycles. The van der Waals surface area contributed by atoms with E-state index in [1.807, 2.05) is 6.07 Å². The highest BCUT2D eigenvalue weighted by molar-refractivity contribution is 5.80. The summed E-state index contributed by atoms with van der Waals surface area (Å²) in [7, 11) is 0. The molecule has 2 aromatic heterocycles. The van der Waals surface area contributed by atoms with Gasteiger partial charge in [-0.15, -0.1) is 0 Å². The van der Waals surface area contributed by atoms with Crippen LogP contribution in [0.1, 0.15) is 31.3 Å². The quantitative estimate of drug-likeness (QED) is 0.465. The number of hydrogen-bond acceptors (Lipinski definition) is 8. The molecular weight excluding hydrogens is 449 g/mol. The van der Waals surface area contributed by atoms with Crippen molar-refractivity contribution in [3.05, 3.63) is 76.1 Å². The molecule has 0 aliphatic carbocycles. The molecule has 0 saturated heterocycles. The Morgan fingerprint density at radius 2 is 1.94 bits per heavy atom. The van der Waals surface area contributed by atoms with E-state index in [4.69, 9.17) is 11.5 Å². The number of anilines is 3. The van der Waals surface area contributed by atoms with Gasteiger partial charge in [-0.3, -0.25) is 9.36 Å². The Morgan fingerprint density at radius 3 is 2.56 bits per heavy atom. The van der Waals surface area contributed by atoms with Crippen molar-refractivity contribution in [2.45, 2.75) is 19.9 Å². The SMILES string of the molecule is C=C/C(=C\C(F)=C/C)n1c(C(C)Nc2nc(N)nc(N)c2C#N)nc2c(F)ccc(F)c2c1=O. The molecule has 0 fully saturated rings. The van der Waals surface area contributed by atoms with Gasteiger partial charge in [0.15, 0.2) is 5.82 Å². The van der Waals surface area contributed by atoms with Crippen LogP contribution in [-0.2, 0) is 0 Å². The van der Waals surface area contributed by atoms with E-state index in [-0.39, 0.29) is 34.7 Å². The Bertz CT molecular complexity index is 1470. The number of nitriles is 1. The second-order valence-electron chi connectivity index (χ2n) is 6.98. The molecule has 174 valence electrons. The van der Waals surface area contributed by atoms with Crippen LogP contribution in [0.4, 0.5) is 30.8 Å². The lowest BCUT2D eigenvalue weighted by Crippen LogP contribution is -2.29. The van der Waals surface area contributed by atoms with Crippen LogP contribution in [0, 0.1) is 23.0 Å². The summed E-state index contributed by atoms with van der Waals surface area (Å²) in [5.74, 6) is -3.31. The maximum absolute atomic E-state index is 14.5. The predicted octanol–water partition coefficient (Wildman–Crippen LogP) is 3.57. The molecule has 0 saturated carbocycles. The molecule has 0 bridgehead atoms. The third-order valence-electron chi connectivity index (χ3n) is 4.79. The fraction of sp³-hybridized carbons (Fsp3) is 0.136. The highest BCUT2D eigenvalue weighted by Gasteiger charge is 2.24. The van der Waals surface area contributed by atoms with Gasteiger partial charge in [-0.2, -0.15) is 15.2 Å². The Balaban J connectivity index is 2.35. The first kappa shape index (κ1) is 24.0. The molecule has 0 amide bonds. The summed E-state index contributed by atoms with van der Waals surface area (Å²) in [4.78, 5) is 25.1. The highest BCUT2D eigenvalue weighted by atomic mass is 19.1. The third kappa shape index (κ3) is 4.31. The Morgan fingerprint density at radius 1 is 1.26 bits per heavy atom. The molecule has 1 atom stereocenters. The molecule has 34 heavy (non-hydrogen) atoms. The zero-order valence-electron chi connectivity index (χ0n) is 18.1. The van der Waals surface area contributed by atoms with E-state index < -0.39 is 40.0 Å². The number of fused-ring (bicyclic) bond motifs is 1. The normalized spacial score (nSPS) is 12.9. The zero-order chi connectivity index (χ0) is 25.2. The van der Waals surface area contributed by atoms with Gasteiger partial charge in [-0.05, 0) is 38.1 Å². The molecule has 0 spiro atoms. The second kappa shape index (κ2) is 9.45. The molecular formula is C22H19F3N8O. The molecule has 3 rings (SSSR count). The zero-order valence-corrected chi connectivity index (χ0v) is 18.1. The van der Waals surface area contributed by atoms with Crippen LogP contribution >= 0.6 is 0 Å². The monoisotopic (exact) mass is 468 g/mol. The Labute approximate surface area is 191 Å². The van der Waals surface area contributed by atoms with Crippen LogP contribution in [0.25, 0.3) is 16.6 Å². The summed E-state index contributed by atoms with van der Waals surface area (Å²) in [6.07, 6.45) is 3.28. The molecule has 1 unspecified atom stereocenters. The maximum Gasteiger partial charge on any atom is 0.269 e. The van der Waals surface area contributed by atoms with Crippen LogP contribution in [0.5, 0.6) is 0 Å². The Hall–Kier alpha value is -4.66. The van der Waals surface area contributed by atoms with Crippen molar-refractivity contribution in [2.75, 3.05) is 16.8 Å². The van der Waals surface area contributed by atoms with Crippen LogP contribution in [-0.4, -0.2) is 19.5 Å². The van der Waals surface area contributed by atoms with E-state index in [2.05, 4.69) is 26.8 Å². The van der Waals surface area contributed by atoms with Gasteiger partial charge in [0.1, 0.15) is 51.6 Å². The molecule has 0 aliphatic rings. The third-order valence-corrected chi connectivity index (χ3v) is 4.79. The summed E-state index contributed by atoms with van der Waals surface area (Å²) in [5, 5.41) is 11.6. The van der Waals surface area contributed by atoms with Crippen molar-refractivity contribution < 1.29 is 13.2 Å². The molecule has 3 aromatic rings. The molecule has 2 heterocycles. The van der Waals surface area contributed by atoms with E-state index in [1.165, 1.54) is 13.8 Å². The number of hydrogen-bond donors (Lipinski definition) is 3. The number of allylic oxidation sites excluding steroid dienone is 5. The van der Waals surface area contributed by atoms with Crippen molar-refractivity contribution in [1.82, 2.24) is 19.5 Å². The van der Waals surface area contributed by atoms with E-state index in [9.17, 15) is 23.2 Å². The number of nitrogen functional groups attached to an aromatic ring is 2. The summed E-state index contributed by atoms with van der Waals surface area (Å²) < 4.78 is 44.0. The van der Waals surface area contributed by atoms with E-state index in [0.717, 1.165) is 34.9 Å². The number of nitrogens with two attached hydrogens (primary N) is 2. The van der Waals surface area contributed by atoms with Crippen molar-refractivity contribution in [3.63, 3.8) is 0 Å². The number of rotatable bonds is 6. The van der Waals surface area contributed by atoms with Gasteiger partial charge in [0.25, 0.3) is 5.56 Å². The molecule has 5 N–H and O–H groups in total. The predicted molar refractivity (Wildman–Crippen MR) is 123 cm³/mol. The number of halogens is 3. The van der Waals surface area contributed by atoms with Gasteiger partial charge in [0.2, 0.25) is 5.95 Å². The first-order chi connectivity index (χ1) is 16.1. The molecule has 9 nitrogen and oxygen atoms in total. The number of benzene rings is 1. The molecule has 1 aromatic carbocycles. The summed E-state index contributed by atoms with van der Waals surface area (Å²) in [5.41, 5.74) is 9.60. The van der Waals surface area contributed by atoms with Crippen molar-refractivity contribution >= 4 is 34.2 Å². The number of nitrogens with one attached hydrogen (secondary N) is 1. The van der Waals surface area contributed by atoms with Crippen molar-refractivity contribution in [2.24, 2.45) is 0 Å². The maximum atomic E-state index is 14.5. The molecule has 12 heteroatoms. The fourth-order valence-electron chi connectivity index (χ4n) is 3.19. The average Bonchev–Trinajstić information content (AvgIpc) is 2.79. The molecule has 0 radical (unpaired) electrons. The van der Waals surface area contributed by atoms with Crippen LogP contribution in [0.2, 0.25) is 0 Å². The van der Waals surface area contributed by atoms with Crippen LogP contribution in [0.15, 0.2) is 47.6 Å². The van der Waals surface area contributed by atoms with Gasteiger partial charge < -0.3 is 16.8 Å². The summed E-state index contributed by atoms with van der Waals surface area (Å²) in [6, 6.07) is 2.49. The van der Waals surface area contributed by atoms with Crippen molar-refractivity contribution in [1.29, 1.82) is 5.26 Å². The summed E-state index contributed by atoms with van der Waals surface area (Å²) >= 11 is 0. The van der Waals surface area contributed by atoms with E-state index in [1.54, 1.807) is 0 Å². The smallest absolute Gasteiger partial charge is 0.269 e. The lowest BCUT2D eigenvalue weighted by molar-refractivity contribution is 0.609. The largest absolute Gasteiger partial charge is 0.382 e. The van der Waals surface area contributed by atoms with Gasteiger partial charge in [0, 0.05) is 0 Å².